The number of thioether (sulfide) groups is 1. The highest BCUT2D eigenvalue weighted by Crippen LogP contribution is 2.12. The Bertz CT molecular complexity index is 242. The molecule has 0 unspecified atom stereocenters. The summed E-state index contributed by atoms with van der Waals surface area (Å²) in [5.74, 6) is 0.961. The molecule has 0 aliphatic rings. The van der Waals surface area contributed by atoms with Crippen molar-refractivity contribution in [2.24, 2.45) is 7.05 Å². The zero-order valence-electron chi connectivity index (χ0n) is 6.69. The zero-order chi connectivity index (χ0) is 8.10. The summed E-state index contributed by atoms with van der Waals surface area (Å²) in [6.07, 6.45) is 5.83. The van der Waals surface area contributed by atoms with Crippen LogP contribution in [0.25, 0.3) is 0 Å². The molecule has 0 aliphatic heterocycles. The molecule has 0 radical (unpaired) electrons. The maximum Gasteiger partial charge on any atom is 0.191 e. The molecule has 0 atom stereocenters. The molecule has 0 saturated heterocycles. The summed E-state index contributed by atoms with van der Waals surface area (Å²) in [6, 6.07) is 0. The standard InChI is InChI=1S/C7H11N3S/c1-3-4-5-11-7-9-8-6-10(7)2/h3-4,6H,5H2,1-2H3. The van der Waals surface area contributed by atoms with Crippen LogP contribution in [0.15, 0.2) is 23.6 Å². The first-order chi connectivity index (χ1) is 5.34. The van der Waals surface area contributed by atoms with Crippen LogP contribution < -0.4 is 0 Å². The first-order valence-corrected chi connectivity index (χ1v) is 4.41. The Hall–Kier alpha value is -0.770. The first kappa shape index (κ1) is 8.33. The quantitative estimate of drug-likeness (QED) is 0.507. The lowest BCUT2D eigenvalue weighted by atomic mass is 10.6. The fourth-order valence-corrected chi connectivity index (χ4v) is 1.42. The summed E-state index contributed by atoms with van der Waals surface area (Å²) in [4.78, 5) is 0. The fraction of sp³-hybridized carbons (Fsp3) is 0.429. The van der Waals surface area contributed by atoms with Crippen LogP contribution >= 0.6 is 11.8 Å². The second kappa shape index (κ2) is 4.18. The van der Waals surface area contributed by atoms with E-state index in [0.717, 1.165) is 10.9 Å². The molecule has 0 saturated carbocycles. The van der Waals surface area contributed by atoms with Crippen LogP contribution in [0.2, 0.25) is 0 Å². The molecule has 0 aromatic carbocycles. The van der Waals surface area contributed by atoms with Crippen molar-refractivity contribution in [1.82, 2.24) is 14.8 Å². The molecule has 11 heavy (non-hydrogen) atoms. The van der Waals surface area contributed by atoms with Gasteiger partial charge in [-0.25, -0.2) is 0 Å². The van der Waals surface area contributed by atoms with Crippen LogP contribution in [0.5, 0.6) is 0 Å². The van der Waals surface area contributed by atoms with Crippen LogP contribution in [-0.4, -0.2) is 20.5 Å². The highest BCUT2D eigenvalue weighted by Gasteiger charge is 1.97. The summed E-state index contributed by atoms with van der Waals surface area (Å²) in [6.45, 7) is 2.01. The van der Waals surface area contributed by atoms with Crippen LogP contribution in [0, 0.1) is 0 Å². The van der Waals surface area contributed by atoms with Gasteiger partial charge in [0.15, 0.2) is 5.16 Å². The minimum atomic E-state index is 0.961. The average molecular weight is 169 g/mol. The van der Waals surface area contributed by atoms with Crippen LogP contribution in [-0.2, 0) is 7.05 Å². The SMILES string of the molecule is CC=CCSc1nncn1C. The van der Waals surface area contributed by atoms with E-state index in [1.807, 2.05) is 24.6 Å². The molecule has 0 bridgehead atoms. The molecule has 1 rings (SSSR count). The summed E-state index contributed by atoms with van der Waals surface area (Å²) >= 11 is 1.68. The van der Waals surface area contributed by atoms with Gasteiger partial charge in [-0.3, -0.25) is 0 Å². The van der Waals surface area contributed by atoms with Crippen LogP contribution in [0.3, 0.4) is 0 Å². The number of aryl methyl sites for hydroxylation is 1. The Morgan fingerprint density at radius 1 is 1.73 bits per heavy atom. The van der Waals surface area contributed by atoms with Gasteiger partial charge in [-0.1, -0.05) is 23.9 Å². The van der Waals surface area contributed by atoms with Gasteiger partial charge in [-0.2, -0.15) is 0 Å². The third-order valence-electron chi connectivity index (χ3n) is 1.21. The van der Waals surface area contributed by atoms with Crippen molar-refractivity contribution in [3.63, 3.8) is 0 Å². The molecule has 0 aliphatic carbocycles. The van der Waals surface area contributed by atoms with E-state index in [2.05, 4.69) is 16.3 Å². The Labute approximate surface area is 70.5 Å². The van der Waals surface area contributed by atoms with Crippen molar-refractivity contribution in [2.45, 2.75) is 12.1 Å². The molecule has 0 N–H and O–H groups in total. The minimum Gasteiger partial charge on any atom is -0.312 e. The predicted octanol–water partition coefficient (Wildman–Crippen LogP) is 1.48. The molecule has 1 aromatic rings. The molecular weight excluding hydrogens is 158 g/mol. The summed E-state index contributed by atoms with van der Waals surface area (Å²) < 4.78 is 1.91. The largest absolute Gasteiger partial charge is 0.312 e. The Balaban J connectivity index is 2.44. The second-order valence-corrected chi connectivity index (χ2v) is 3.09. The smallest absolute Gasteiger partial charge is 0.191 e. The molecule has 3 nitrogen and oxygen atoms in total. The van der Waals surface area contributed by atoms with E-state index >= 15 is 0 Å². The van der Waals surface area contributed by atoms with E-state index in [-0.39, 0.29) is 0 Å². The Morgan fingerprint density at radius 2 is 2.55 bits per heavy atom. The molecule has 60 valence electrons. The van der Waals surface area contributed by atoms with E-state index in [0.29, 0.717) is 0 Å². The molecule has 4 heteroatoms. The Kier molecular flexibility index (Phi) is 3.16. The van der Waals surface area contributed by atoms with Gasteiger partial charge in [-0.05, 0) is 6.92 Å². The molecule has 0 spiro atoms. The lowest BCUT2D eigenvalue weighted by molar-refractivity contribution is 0.789. The maximum atomic E-state index is 3.93. The van der Waals surface area contributed by atoms with Crippen LogP contribution in [0.4, 0.5) is 0 Å². The first-order valence-electron chi connectivity index (χ1n) is 3.42. The van der Waals surface area contributed by atoms with Crippen molar-refractivity contribution in [1.29, 1.82) is 0 Å². The number of allylic oxidation sites excluding steroid dienone is 1. The summed E-state index contributed by atoms with van der Waals surface area (Å²) in [5.41, 5.74) is 0. The highest BCUT2D eigenvalue weighted by molar-refractivity contribution is 7.99. The number of nitrogens with zero attached hydrogens (tertiary/aromatic N) is 3. The minimum absolute atomic E-state index is 0.961. The predicted molar refractivity (Wildman–Crippen MR) is 46.5 cm³/mol. The molecule has 0 amide bonds. The van der Waals surface area contributed by atoms with Crippen molar-refractivity contribution in [3.05, 3.63) is 18.5 Å². The lowest BCUT2D eigenvalue weighted by Crippen LogP contribution is -1.88. The number of hydrogen-bond donors (Lipinski definition) is 0. The zero-order valence-corrected chi connectivity index (χ0v) is 7.51. The van der Waals surface area contributed by atoms with Crippen molar-refractivity contribution >= 4 is 11.8 Å². The van der Waals surface area contributed by atoms with Gasteiger partial charge in [0.1, 0.15) is 6.33 Å². The number of aromatic nitrogens is 3. The molecule has 1 heterocycles. The third-order valence-corrected chi connectivity index (χ3v) is 2.20. The molecular formula is C7H11N3S. The second-order valence-electron chi connectivity index (χ2n) is 2.10. The third kappa shape index (κ3) is 2.38. The van der Waals surface area contributed by atoms with E-state index in [1.165, 1.54) is 0 Å². The van der Waals surface area contributed by atoms with Gasteiger partial charge < -0.3 is 4.57 Å². The summed E-state index contributed by atoms with van der Waals surface area (Å²) in [5, 5.41) is 8.66. The van der Waals surface area contributed by atoms with Crippen molar-refractivity contribution < 1.29 is 0 Å². The lowest BCUT2D eigenvalue weighted by Gasteiger charge is -1.94. The van der Waals surface area contributed by atoms with Gasteiger partial charge in [0.2, 0.25) is 0 Å². The molecule has 0 fully saturated rings. The Morgan fingerprint density at radius 3 is 3.09 bits per heavy atom. The fourth-order valence-electron chi connectivity index (χ4n) is 0.622. The van der Waals surface area contributed by atoms with Gasteiger partial charge in [-0.15, -0.1) is 10.2 Å². The van der Waals surface area contributed by atoms with Crippen molar-refractivity contribution in [2.75, 3.05) is 5.75 Å². The topological polar surface area (TPSA) is 30.7 Å². The maximum absolute atomic E-state index is 3.93. The summed E-state index contributed by atoms with van der Waals surface area (Å²) in [7, 11) is 1.94. The monoisotopic (exact) mass is 169 g/mol. The van der Waals surface area contributed by atoms with Gasteiger partial charge in [0.25, 0.3) is 0 Å². The van der Waals surface area contributed by atoms with E-state index in [4.69, 9.17) is 0 Å². The van der Waals surface area contributed by atoms with E-state index in [9.17, 15) is 0 Å². The highest BCUT2D eigenvalue weighted by atomic mass is 32.2. The van der Waals surface area contributed by atoms with E-state index in [1.54, 1.807) is 18.1 Å². The van der Waals surface area contributed by atoms with Crippen molar-refractivity contribution in [3.8, 4) is 0 Å². The number of rotatable bonds is 3. The van der Waals surface area contributed by atoms with Crippen LogP contribution in [0.1, 0.15) is 6.92 Å². The average Bonchev–Trinajstić information content (AvgIpc) is 2.37. The van der Waals surface area contributed by atoms with Gasteiger partial charge in [0, 0.05) is 12.8 Å². The van der Waals surface area contributed by atoms with Gasteiger partial charge >= 0.3 is 0 Å². The van der Waals surface area contributed by atoms with E-state index < -0.39 is 0 Å². The normalized spacial score (nSPS) is 11.1. The molecule has 1 aromatic heterocycles. The van der Waals surface area contributed by atoms with Gasteiger partial charge in [0.05, 0.1) is 0 Å². The number of hydrogen-bond acceptors (Lipinski definition) is 3.